The first-order valence-corrected chi connectivity index (χ1v) is 9.59. The maximum absolute atomic E-state index is 12.9. The molecular formula is C21H27N3O4. The van der Waals surface area contributed by atoms with Gasteiger partial charge in [-0.05, 0) is 63.9 Å². The fraction of sp³-hybridized carbons (Fsp3) is 0.476. The molecule has 0 radical (unpaired) electrons. The standard InChI is InChI=1S/C21H27N3O4/c1-13-19(9-10-20(25)26)15(3)24(22-13)18-7-5-17(6-8-18)21(27)23-11-12-28-16(4)14(23)2/h5-8,14,16H,9-12H2,1-4H3,(H,25,26). The molecule has 0 spiro atoms. The minimum absolute atomic E-state index is 0.00437. The first-order chi connectivity index (χ1) is 13.3. The van der Waals surface area contributed by atoms with Gasteiger partial charge in [-0.15, -0.1) is 0 Å². The van der Waals surface area contributed by atoms with E-state index in [-0.39, 0.29) is 24.5 Å². The van der Waals surface area contributed by atoms with Crippen molar-refractivity contribution in [2.75, 3.05) is 13.2 Å². The van der Waals surface area contributed by atoms with Gasteiger partial charge in [0.15, 0.2) is 0 Å². The van der Waals surface area contributed by atoms with Gasteiger partial charge in [0.2, 0.25) is 0 Å². The average Bonchev–Trinajstić information content (AvgIpc) is 2.95. The molecule has 3 rings (SSSR count). The highest BCUT2D eigenvalue weighted by Crippen LogP contribution is 2.21. The Morgan fingerprint density at radius 2 is 1.89 bits per heavy atom. The molecule has 2 aromatic rings. The Labute approximate surface area is 164 Å². The molecule has 2 unspecified atom stereocenters. The van der Waals surface area contributed by atoms with Gasteiger partial charge in [0.05, 0.1) is 30.1 Å². The molecule has 1 aliphatic heterocycles. The number of carbonyl (C=O) groups excluding carboxylic acids is 1. The molecule has 1 fully saturated rings. The largest absolute Gasteiger partial charge is 0.481 e. The molecule has 1 aromatic heterocycles. The number of carboxylic acids is 1. The van der Waals surface area contributed by atoms with Gasteiger partial charge >= 0.3 is 5.97 Å². The summed E-state index contributed by atoms with van der Waals surface area (Å²) in [6.45, 7) is 8.96. The second-order valence-electron chi connectivity index (χ2n) is 7.32. The quantitative estimate of drug-likeness (QED) is 0.855. The van der Waals surface area contributed by atoms with Crippen LogP contribution in [0.15, 0.2) is 24.3 Å². The number of hydrogen-bond acceptors (Lipinski definition) is 4. The van der Waals surface area contributed by atoms with Crippen LogP contribution in [0.1, 0.15) is 47.6 Å². The summed E-state index contributed by atoms with van der Waals surface area (Å²) in [5, 5.41) is 13.5. The summed E-state index contributed by atoms with van der Waals surface area (Å²) in [5.41, 5.74) is 4.20. The number of carbonyl (C=O) groups is 2. The molecular weight excluding hydrogens is 358 g/mol. The Morgan fingerprint density at radius 1 is 1.21 bits per heavy atom. The predicted molar refractivity (Wildman–Crippen MR) is 105 cm³/mol. The number of morpholine rings is 1. The van der Waals surface area contributed by atoms with Gasteiger partial charge in [-0.3, -0.25) is 9.59 Å². The molecule has 0 saturated carbocycles. The van der Waals surface area contributed by atoms with Gasteiger partial charge in [-0.2, -0.15) is 5.10 Å². The van der Waals surface area contributed by atoms with Crippen LogP contribution < -0.4 is 0 Å². The van der Waals surface area contributed by atoms with Crippen LogP contribution in [0, 0.1) is 13.8 Å². The van der Waals surface area contributed by atoms with Crippen molar-refractivity contribution in [3.8, 4) is 5.69 Å². The predicted octanol–water partition coefficient (Wildman–Crippen LogP) is 2.76. The monoisotopic (exact) mass is 385 g/mol. The maximum atomic E-state index is 12.9. The number of amides is 1. The van der Waals surface area contributed by atoms with Crippen LogP contribution >= 0.6 is 0 Å². The number of aliphatic carboxylic acids is 1. The first-order valence-electron chi connectivity index (χ1n) is 9.59. The zero-order valence-corrected chi connectivity index (χ0v) is 16.8. The highest BCUT2D eigenvalue weighted by atomic mass is 16.5. The summed E-state index contributed by atoms with van der Waals surface area (Å²) >= 11 is 0. The van der Waals surface area contributed by atoms with E-state index in [9.17, 15) is 9.59 Å². The van der Waals surface area contributed by atoms with Crippen molar-refractivity contribution in [1.29, 1.82) is 0 Å². The lowest BCUT2D eigenvalue weighted by molar-refractivity contribution is -0.136. The second-order valence-corrected chi connectivity index (χ2v) is 7.32. The zero-order valence-electron chi connectivity index (χ0n) is 16.8. The summed E-state index contributed by atoms with van der Waals surface area (Å²) in [5.74, 6) is -0.814. The number of hydrogen-bond donors (Lipinski definition) is 1. The van der Waals surface area contributed by atoms with E-state index in [0.717, 1.165) is 22.6 Å². The van der Waals surface area contributed by atoms with Crippen molar-refractivity contribution in [2.24, 2.45) is 0 Å². The van der Waals surface area contributed by atoms with Gasteiger partial charge in [0, 0.05) is 24.2 Å². The van der Waals surface area contributed by atoms with Crippen LogP contribution in [0.3, 0.4) is 0 Å². The van der Waals surface area contributed by atoms with Gasteiger partial charge in [0.1, 0.15) is 0 Å². The maximum Gasteiger partial charge on any atom is 0.303 e. The third-order valence-electron chi connectivity index (χ3n) is 5.53. The normalized spacial score (nSPS) is 19.6. The lowest BCUT2D eigenvalue weighted by Gasteiger charge is -2.37. The van der Waals surface area contributed by atoms with Crippen molar-refractivity contribution in [3.63, 3.8) is 0 Å². The molecule has 7 nitrogen and oxygen atoms in total. The third-order valence-corrected chi connectivity index (χ3v) is 5.53. The van der Waals surface area contributed by atoms with Gasteiger partial charge in [0.25, 0.3) is 5.91 Å². The van der Waals surface area contributed by atoms with Crippen LogP contribution in [0.5, 0.6) is 0 Å². The van der Waals surface area contributed by atoms with Crippen molar-refractivity contribution >= 4 is 11.9 Å². The number of benzene rings is 1. The summed E-state index contributed by atoms with van der Waals surface area (Å²) in [6, 6.07) is 7.42. The number of carboxylic acid groups (broad SMARTS) is 1. The minimum atomic E-state index is -0.818. The molecule has 2 atom stereocenters. The van der Waals surface area contributed by atoms with Crippen LogP contribution in [0.2, 0.25) is 0 Å². The van der Waals surface area contributed by atoms with Crippen LogP contribution in [0.25, 0.3) is 5.69 Å². The van der Waals surface area contributed by atoms with Crippen LogP contribution in [-0.4, -0.2) is 57.0 Å². The Bertz CT molecular complexity index is 873. The third kappa shape index (κ3) is 3.94. The summed E-state index contributed by atoms with van der Waals surface area (Å²) in [7, 11) is 0. The molecule has 1 N–H and O–H groups in total. The number of aryl methyl sites for hydroxylation is 1. The van der Waals surface area contributed by atoms with E-state index in [1.165, 1.54) is 0 Å². The fourth-order valence-corrected chi connectivity index (χ4v) is 3.65. The number of ether oxygens (including phenoxy) is 1. The van der Waals surface area contributed by atoms with Crippen LogP contribution in [-0.2, 0) is 16.0 Å². The highest BCUT2D eigenvalue weighted by molar-refractivity contribution is 5.94. The van der Waals surface area contributed by atoms with Gasteiger partial charge in [-0.1, -0.05) is 0 Å². The molecule has 150 valence electrons. The van der Waals surface area contributed by atoms with Gasteiger partial charge in [-0.25, -0.2) is 4.68 Å². The van der Waals surface area contributed by atoms with Crippen molar-refractivity contribution in [3.05, 3.63) is 46.8 Å². The van der Waals surface area contributed by atoms with Crippen LogP contribution in [0.4, 0.5) is 0 Å². The molecule has 0 aliphatic carbocycles. The number of nitrogens with zero attached hydrogens (tertiary/aromatic N) is 3. The Hall–Kier alpha value is -2.67. The molecule has 0 bridgehead atoms. The molecule has 28 heavy (non-hydrogen) atoms. The van der Waals surface area contributed by atoms with E-state index in [1.54, 1.807) is 4.68 Å². The molecule has 1 aliphatic rings. The molecule has 7 heteroatoms. The average molecular weight is 385 g/mol. The fourth-order valence-electron chi connectivity index (χ4n) is 3.65. The Morgan fingerprint density at radius 3 is 2.54 bits per heavy atom. The molecule has 2 heterocycles. The van der Waals surface area contributed by atoms with E-state index in [0.29, 0.717) is 25.1 Å². The van der Waals surface area contributed by atoms with E-state index in [2.05, 4.69) is 5.10 Å². The molecule has 1 saturated heterocycles. The summed E-state index contributed by atoms with van der Waals surface area (Å²) in [6.07, 6.45) is 0.559. The number of rotatable bonds is 5. The molecule has 1 aromatic carbocycles. The Kier molecular flexibility index (Phi) is 5.84. The van der Waals surface area contributed by atoms with Crippen molar-refractivity contribution in [2.45, 2.75) is 52.7 Å². The SMILES string of the molecule is Cc1nn(-c2ccc(C(=O)N3CCOC(C)C3C)cc2)c(C)c1CCC(=O)O. The van der Waals surface area contributed by atoms with E-state index in [1.807, 2.05) is 56.9 Å². The van der Waals surface area contributed by atoms with Crippen molar-refractivity contribution in [1.82, 2.24) is 14.7 Å². The second kappa shape index (κ2) is 8.14. The molecule has 1 amide bonds. The summed E-state index contributed by atoms with van der Waals surface area (Å²) in [4.78, 5) is 25.6. The Balaban J connectivity index is 1.80. The minimum Gasteiger partial charge on any atom is -0.481 e. The first kappa shape index (κ1) is 20.1. The van der Waals surface area contributed by atoms with Gasteiger partial charge < -0.3 is 14.7 Å². The number of aromatic nitrogens is 2. The van der Waals surface area contributed by atoms with Crippen molar-refractivity contribution < 1.29 is 19.4 Å². The zero-order chi connectivity index (χ0) is 20.4. The smallest absolute Gasteiger partial charge is 0.303 e. The van der Waals surface area contributed by atoms with E-state index >= 15 is 0 Å². The van der Waals surface area contributed by atoms with E-state index < -0.39 is 5.97 Å². The highest BCUT2D eigenvalue weighted by Gasteiger charge is 2.29. The summed E-state index contributed by atoms with van der Waals surface area (Å²) < 4.78 is 7.41. The van der Waals surface area contributed by atoms with E-state index in [4.69, 9.17) is 9.84 Å². The topological polar surface area (TPSA) is 84.7 Å². The lowest BCUT2D eigenvalue weighted by Crippen LogP contribution is -2.51. The lowest BCUT2D eigenvalue weighted by atomic mass is 10.1.